The lowest BCUT2D eigenvalue weighted by atomic mass is 9.98. The third-order valence-corrected chi connectivity index (χ3v) is 3.73. The number of aromatic nitrogens is 2. The van der Waals surface area contributed by atoms with Crippen LogP contribution in [0.5, 0.6) is 0 Å². The molecule has 140 valence electrons. The summed E-state index contributed by atoms with van der Waals surface area (Å²) in [6, 6.07) is 1.23. The van der Waals surface area contributed by atoms with Gasteiger partial charge in [-0.15, -0.1) is 0 Å². The van der Waals surface area contributed by atoms with Crippen LogP contribution in [-0.4, -0.2) is 62.4 Å². The molecule has 0 aromatic carbocycles. The van der Waals surface area contributed by atoms with Crippen LogP contribution in [0.1, 0.15) is 20.8 Å². The highest BCUT2D eigenvalue weighted by Gasteiger charge is 2.62. The van der Waals surface area contributed by atoms with Gasteiger partial charge in [0.05, 0.1) is 13.2 Å². The highest BCUT2D eigenvalue weighted by atomic mass is 16.6. The molecule has 10 heteroatoms. The van der Waals surface area contributed by atoms with Crippen molar-refractivity contribution in [3.63, 3.8) is 0 Å². The molecule has 1 aromatic heterocycles. The Hall–Kier alpha value is -2.01. The molecule has 0 amide bonds. The van der Waals surface area contributed by atoms with Gasteiger partial charge in [0.2, 0.25) is 0 Å². The van der Waals surface area contributed by atoms with Gasteiger partial charge in [0, 0.05) is 6.20 Å². The van der Waals surface area contributed by atoms with E-state index in [4.69, 9.17) is 15.2 Å². The summed E-state index contributed by atoms with van der Waals surface area (Å²) in [5, 5.41) is 29.8. The maximum atomic E-state index is 12.8. The molecule has 4 atom stereocenters. The molecular weight excluding hydrogens is 334 g/mol. The number of rotatable bonds is 4. The van der Waals surface area contributed by atoms with E-state index in [1.54, 1.807) is 0 Å². The quantitative estimate of drug-likeness (QED) is 0.455. The minimum absolute atomic E-state index is 0.0271. The van der Waals surface area contributed by atoms with Crippen molar-refractivity contribution in [2.24, 2.45) is 5.41 Å². The number of hydrogen-bond donors (Lipinski definition) is 4. The van der Waals surface area contributed by atoms with E-state index in [-0.39, 0.29) is 17.8 Å². The zero-order chi connectivity index (χ0) is 19.0. The number of aliphatic hydroxyl groups excluding tert-OH is 3. The SMILES string of the molecule is CC(C)(C)COC(=O)[C@@]1(n2ccc(N)nc2=O)O[C@H](CO)[C@@H](O)[C@H]1O. The lowest BCUT2D eigenvalue weighted by molar-refractivity contribution is -0.204. The number of aliphatic hydroxyl groups is 3. The minimum Gasteiger partial charge on any atom is -0.461 e. The Morgan fingerprint density at radius 3 is 2.60 bits per heavy atom. The molecule has 25 heavy (non-hydrogen) atoms. The molecule has 1 saturated heterocycles. The molecule has 0 spiro atoms. The summed E-state index contributed by atoms with van der Waals surface area (Å²) in [7, 11) is 0. The fourth-order valence-corrected chi connectivity index (χ4v) is 2.47. The smallest absolute Gasteiger partial charge is 0.363 e. The maximum absolute atomic E-state index is 12.8. The van der Waals surface area contributed by atoms with Gasteiger partial charge < -0.3 is 30.5 Å². The van der Waals surface area contributed by atoms with Crippen molar-refractivity contribution in [3.8, 4) is 0 Å². The number of nitrogens with zero attached hydrogens (tertiary/aromatic N) is 2. The van der Waals surface area contributed by atoms with Gasteiger partial charge in [0.25, 0.3) is 5.72 Å². The molecule has 0 unspecified atom stereocenters. The van der Waals surface area contributed by atoms with Crippen LogP contribution < -0.4 is 11.4 Å². The maximum Gasteiger partial charge on any atom is 0.363 e. The van der Waals surface area contributed by atoms with Crippen molar-refractivity contribution in [3.05, 3.63) is 22.7 Å². The Bertz CT molecular complexity index is 699. The molecule has 1 aliphatic heterocycles. The first-order valence-corrected chi connectivity index (χ1v) is 7.70. The second-order valence-electron chi connectivity index (χ2n) is 7.11. The zero-order valence-corrected chi connectivity index (χ0v) is 14.2. The third kappa shape index (κ3) is 3.52. The summed E-state index contributed by atoms with van der Waals surface area (Å²) < 4.78 is 11.3. The zero-order valence-electron chi connectivity index (χ0n) is 14.2. The molecule has 5 N–H and O–H groups in total. The third-order valence-electron chi connectivity index (χ3n) is 3.73. The molecule has 0 bridgehead atoms. The number of esters is 1. The van der Waals surface area contributed by atoms with Crippen molar-refractivity contribution < 1.29 is 29.6 Å². The van der Waals surface area contributed by atoms with Crippen LogP contribution in [0.2, 0.25) is 0 Å². The van der Waals surface area contributed by atoms with Gasteiger partial charge in [-0.1, -0.05) is 20.8 Å². The Kier molecular flexibility index (Phi) is 5.19. The number of nitrogen functional groups attached to an aromatic ring is 1. The Balaban J connectivity index is 2.53. The molecule has 2 heterocycles. The fourth-order valence-electron chi connectivity index (χ4n) is 2.47. The van der Waals surface area contributed by atoms with E-state index < -0.39 is 42.3 Å². The standard InChI is InChI=1S/C15H23N3O7/c1-14(2,3)7-24-12(22)15(11(21)10(20)8(6-19)25-15)18-5-4-9(16)17-13(18)23/h4-5,8,10-11,19-21H,6-7H2,1-3H3,(H2,16,17,23)/t8-,10-,11-,15+/m1/s1. The monoisotopic (exact) mass is 357 g/mol. The second kappa shape index (κ2) is 6.71. The van der Waals surface area contributed by atoms with Gasteiger partial charge in [-0.05, 0) is 11.5 Å². The summed E-state index contributed by atoms with van der Waals surface area (Å²) in [5.41, 5.74) is 1.70. The normalized spacial score (nSPS) is 29.6. The predicted octanol–water partition coefficient (Wildman–Crippen LogP) is -1.82. The van der Waals surface area contributed by atoms with Gasteiger partial charge in [-0.3, -0.25) is 4.57 Å². The summed E-state index contributed by atoms with van der Waals surface area (Å²) in [6.45, 7) is 4.76. The highest BCUT2D eigenvalue weighted by Crippen LogP contribution is 2.36. The van der Waals surface area contributed by atoms with E-state index in [1.165, 1.54) is 6.07 Å². The molecular formula is C15H23N3O7. The van der Waals surface area contributed by atoms with Gasteiger partial charge >= 0.3 is 11.7 Å². The Labute approximate surface area is 143 Å². The van der Waals surface area contributed by atoms with Gasteiger partial charge in [-0.25, -0.2) is 9.59 Å². The molecule has 1 aromatic rings. The van der Waals surface area contributed by atoms with Crippen molar-refractivity contribution in [2.45, 2.75) is 44.8 Å². The van der Waals surface area contributed by atoms with E-state index in [0.717, 1.165) is 6.20 Å². The van der Waals surface area contributed by atoms with Crippen molar-refractivity contribution in [2.75, 3.05) is 18.9 Å². The topological polar surface area (TPSA) is 157 Å². The Morgan fingerprint density at radius 2 is 2.12 bits per heavy atom. The van der Waals surface area contributed by atoms with Crippen LogP contribution in [0.4, 0.5) is 5.82 Å². The van der Waals surface area contributed by atoms with E-state index in [2.05, 4.69) is 4.98 Å². The molecule has 1 aliphatic rings. The van der Waals surface area contributed by atoms with Crippen LogP contribution in [0, 0.1) is 5.41 Å². The first kappa shape index (κ1) is 19.3. The van der Waals surface area contributed by atoms with Gasteiger partial charge in [0.1, 0.15) is 24.1 Å². The van der Waals surface area contributed by atoms with Crippen molar-refractivity contribution in [1.29, 1.82) is 0 Å². The van der Waals surface area contributed by atoms with E-state index in [9.17, 15) is 24.9 Å². The van der Waals surface area contributed by atoms with E-state index in [0.29, 0.717) is 4.57 Å². The predicted molar refractivity (Wildman–Crippen MR) is 85.3 cm³/mol. The fraction of sp³-hybridized carbons (Fsp3) is 0.667. The molecule has 1 fully saturated rings. The Morgan fingerprint density at radius 1 is 1.48 bits per heavy atom. The first-order valence-electron chi connectivity index (χ1n) is 7.70. The molecule has 10 nitrogen and oxygen atoms in total. The van der Waals surface area contributed by atoms with Crippen LogP contribution in [0.3, 0.4) is 0 Å². The van der Waals surface area contributed by atoms with Gasteiger partial charge in [0.15, 0.2) is 0 Å². The molecule has 0 aliphatic carbocycles. The molecule has 2 rings (SSSR count). The lowest BCUT2D eigenvalue weighted by Gasteiger charge is -2.32. The van der Waals surface area contributed by atoms with Crippen LogP contribution in [-0.2, 0) is 20.0 Å². The van der Waals surface area contributed by atoms with Crippen molar-refractivity contribution in [1.82, 2.24) is 9.55 Å². The minimum atomic E-state index is -2.38. The summed E-state index contributed by atoms with van der Waals surface area (Å²) in [6.07, 6.45) is -3.66. The van der Waals surface area contributed by atoms with Crippen LogP contribution in [0.25, 0.3) is 0 Å². The molecule has 0 saturated carbocycles. The second-order valence-corrected chi connectivity index (χ2v) is 7.11. The molecule has 0 radical (unpaired) electrons. The average molecular weight is 357 g/mol. The summed E-state index contributed by atoms with van der Waals surface area (Å²) in [5.74, 6) is -1.18. The van der Waals surface area contributed by atoms with Crippen LogP contribution in [0.15, 0.2) is 17.1 Å². The number of nitrogens with two attached hydrogens (primary N) is 1. The largest absolute Gasteiger partial charge is 0.461 e. The van der Waals surface area contributed by atoms with Crippen molar-refractivity contribution >= 4 is 11.8 Å². The lowest BCUT2D eigenvalue weighted by Crippen LogP contribution is -2.56. The summed E-state index contributed by atoms with van der Waals surface area (Å²) in [4.78, 5) is 28.5. The summed E-state index contributed by atoms with van der Waals surface area (Å²) >= 11 is 0. The van der Waals surface area contributed by atoms with Gasteiger partial charge in [-0.2, -0.15) is 4.98 Å². The number of carbonyl (C=O) groups excluding carboxylic acids is 1. The number of ether oxygens (including phenoxy) is 2. The van der Waals surface area contributed by atoms with Crippen LogP contribution >= 0.6 is 0 Å². The number of carbonyl (C=O) groups is 1. The van der Waals surface area contributed by atoms with E-state index in [1.807, 2.05) is 20.8 Å². The number of hydrogen-bond acceptors (Lipinski definition) is 9. The highest BCUT2D eigenvalue weighted by molar-refractivity contribution is 5.79. The number of anilines is 1. The van der Waals surface area contributed by atoms with E-state index >= 15 is 0 Å². The first-order chi connectivity index (χ1) is 11.5. The average Bonchev–Trinajstić information content (AvgIpc) is 2.77.